The molecular formula is C16H24NOS+. The maximum atomic E-state index is 5.93. The Labute approximate surface area is 120 Å². The molecule has 1 aromatic carbocycles. The molecule has 0 fully saturated rings. The highest BCUT2D eigenvalue weighted by Gasteiger charge is 2.17. The molecule has 1 aliphatic heterocycles. The second-order valence-corrected chi connectivity index (χ2v) is 6.42. The predicted molar refractivity (Wildman–Crippen MR) is 83.8 cm³/mol. The third kappa shape index (κ3) is 4.00. The van der Waals surface area contributed by atoms with Gasteiger partial charge in [-0.15, -0.1) is 0 Å². The van der Waals surface area contributed by atoms with Gasteiger partial charge in [-0.2, -0.15) is 0 Å². The Balaban J connectivity index is 1.71. The van der Waals surface area contributed by atoms with E-state index in [4.69, 9.17) is 4.74 Å². The lowest BCUT2D eigenvalue weighted by molar-refractivity contribution is -0.518. The van der Waals surface area contributed by atoms with Crippen molar-refractivity contribution < 1.29 is 9.31 Å². The lowest BCUT2D eigenvalue weighted by atomic mass is 10.1. The van der Waals surface area contributed by atoms with Crippen molar-refractivity contribution in [2.24, 2.45) is 0 Å². The third-order valence-corrected chi connectivity index (χ3v) is 4.66. The molecule has 3 heteroatoms. The first kappa shape index (κ1) is 14.4. The summed E-state index contributed by atoms with van der Waals surface area (Å²) < 4.78 is 8.42. The molecule has 2 rings (SSSR count). The number of aryl methyl sites for hydroxylation is 2. The van der Waals surface area contributed by atoms with Gasteiger partial charge in [0.2, 0.25) is 5.04 Å². The van der Waals surface area contributed by atoms with Crippen molar-refractivity contribution in [1.82, 2.24) is 0 Å². The summed E-state index contributed by atoms with van der Waals surface area (Å²) in [6, 6.07) is 6.31. The average molecular weight is 278 g/mol. The smallest absolute Gasteiger partial charge is 0.207 e. The Morgan fingerprint density at radius 3 is 2.53 bits per heavy atom. The highest BCUT2D eigenvalue weighted by molar-refractivity contribution is 8.13. The minimum atomic E-state index is 0.825. The maximum absolute atomic E-state index is 5.93. The SMILES string of the molecule is CC1=[N+](CCCCOc2c(C)cccc2C)CCS1. The molecule has 0 radical (unpaired) electrons. The van der Waals surface area contributed by atoms with Crippen LogP contribution >= 0.6 is 11.8 Å². The van der Waals surface area contributed by atoms with Crippen molar-refractivity contribution in [3.05, 3.63) is 29.3 Å². The zero-order chi connectivity index (χ0) is 13.7. The van der Waals surface area contributed by atoms with Crippen LogP contribution in [0.4, 0.5) is 0 Å². The van der Waals surface area contributed by atoms with Gasteiger partial charge in [-0.25, -0.2) is 4.58 Å². The number of para-hydroxylation sites is 1. The molecule has 0 saturated heterocycles. The van der Waals surface area contributed by atoms with E-state index in [1.807, 2.05) is 11.8 Å². The van der Waals surface area contributed by atoms with Gasteiger partial charge in [-0.1, -0.05) is 30.0 Å². The molecule has 1 heterocycles. The van der Waals surface area contributed by atoms with Gasteiger partial charge in [0.25, 0.3) is 0 Å². The normalized spacial score (nSPS) is 15.1. The minimum absolute atomic E-state index is 0.825. The van der Waals surface area contributed by atoms with Gasteiger partial charge in [0.05, 0.1) is 12.4 Å². The maximum Gasteiger partial charge on any atom is 0.207 e. The lowest BCUT2D eigenvalue weighted by Gasteiger charge is -2.11. The van der Waals surface area contributed by atoms with Crippen LogP contribution in [0.5, 0.6) is 5.75 Å². The summed E-state index contributed by atoms with van der Waals surface area (Å²) in [6.45, 7) is 9.67. The summed E-state index contributed by atoms with van der Waals surface area (Å²) in [4.78, 5) is 0. The molecule has 0 aromatic heterocycles. The second-order valence-electron chi connectivity index (χ2n) is 5.13. The molecule has 19 heavy (non-hydrogen) atoms. The van der Waals surface area contributed by atoms with Crippen molar-refractivity contribution in [3.8, 4) is 5.75 Å². The van der Waals surface area contributed by atoms with E-state index >= 15 is 0 Å². The summed E-state index contributed by atoms with van der Waals surface area (Å²) in [7, 11) is 0. The highest BCUT2D eigenvalue weighted by atomic mass is 32.2. The van der Waals surface area contributed by atoms with Crippen LogP contribution in [0.1, 0.15) is 30.9 Å². The van der Waals surface area contributed by atoms with Crippen molar-refractivity contribution in [2.75, 3.05) is 25.4 Å². The number of rotatable bonds is 6. The zero-order valence-electron chi connectivity index (χ0n) is 12.2. The van der Waals surface area contributed by atoms with E-state index in [1.165, 1.54) is 41.4 Å². The second kappa shape index (κ2) is 6.99. The molecule has 104 valence electrons. The number of unbranched alkanes of at least 4 members (excludes halogenated alkanes) is 1. The summed E-state index contributed by atoms with van der Waals surface area (Å²) in [6.07, 6.45) is 2.34. The van der Waals surface area contributed by atoms with Gasteiger partial charge in [0.1, 0.15) is 12.3 Å². The Kier molecular flexibility index (Phi) is 5.32. The van der Waals surface area contributed by atoms with E-state index in [0.717, 1.165) is 18.8 Å². The Morgan fingerprint density at radius 1 is 1.16 bits per heavy atom. The van der Waals surface area contributed by atoms with E-state index in [2.05, 4.69) is 43.5 Å². The summed E-state index contributed by atoms with van der Waals surface area (Å²) >= 11 is 1.98. The molecule has 0 aliphatic carbocycles. The highest BCUT2D eigenvalue weighted by Crippen LogP contribution is 2.22. The van der Waals surface area contributed by atoms with E-state index < -0.39 is 0 Å². The fourth-order valence-corrected chi connectivity index (χ4v) is 3.40. The quantitative estimate of drug-likeness (QED) is 0.582. The number of benzene rings is 1. The fraction of sp³-hybridized carbons (Fsp3) is 0.562. The molecule has 0 unspecified atom stereocenters. The van der Waals surface area contributed by atoms with E-state index in [-0.39, 0.29) is 0 Å². The first-order valence-electron chi connectivity index (χ1n) is 7.09. The fourth-order valence-electron chi connectivity index (χ4n) is 2.43. The lowest BCUT2D eigenvalue weighted by Crippen LogP contribution is -2.15. The van der Waals surface area contributed by atoms with Crippen LogP contribution in [-0.4, -0.2) is 35.1 Å². The van der Waals surface area contributed by atoms with Crippen LogP contribution in [0, 0.1) is 13.8 Å². The van der Waals surface area contributed by atoms with Gasteiger partial charge in [-0.05, 0) is 31.4 Å². The third-order valence-electron chi connectivity index (χ3n) is 3.60. The van der Waals surface area contributed by atoms with Crippen LogP contribution in [0.25, 0.3) is 0 Å². The van der Waals surface area contributed by atoms with Gasteiger partial charge < -0.3 is 4.74 Å². The van der Waals surface area contributed by atoms with E-state index in [0.29, 0.717) is 0 Å². The summed E-state index contributed by atoms with van der Waals surface area (Å²) in [5, 5.41) is 1.48. The van der Waals surface area contributed by atoms with Gasteiger partial charge in [0.15, 0.2) is 6.54 Å². The molecule has 0 atom stereocenters. The van der Waals surface area contributed by atoms with Crippen molar-refractivity contribution in [1.29, 1.82) is 0 Å². The monoisotopic (exact) mass is 278 g/mol. The topological polar surface area (TPSA) is 12.2 Å². The van der Waals surface area contributed by atoms with Crippen LogP contribution in [0.3, 0.4) is 0 Å². The Morgan fingerprint density at radius 2 is 1.89 bits per heavy atom. The van der Waals surface area contributed by atoms with E-state index in [9.17, 15) is 0 Å². The number of hydrogen-bond donors (Lipinski definition) is 0. The van der Waals surface area contributed by atoms with Crippen LogP contribution in [0.15, 0.2) is 18.2 Å². The van der Waals surface area contributed by atoms with Gasteiger partial charge in [-0.3, -0.25) is 0 Å². The minimum Gasteiger partial charge on any atom is -0.493 e. The first-order chi connectivity index (χ1) is 9.18. The number of nitrogens with zero attached hydrogens (tertiary/aromatic N) is 1. The molecule has 0 amide bonds. The van der Waals surface area contributed by atoms with Crippen LogP contribution in [-0.2, 0) is 0 Å². The van der Waals surface area contributed by atoms with Crippen LogP contribution < -0.4 is 4.74 Å². The number of hydrogen-bond acceptors (Lipinski definition) is 2. The Hall–Kier alpha value is -0.960. The first-order valence-corrected chi connectivity index (χ1v) is 8.07. The standard InChI is InChI=1S/C16H24NOS/c1-13-7-6-8-14(2)16(13)18-11-5-4-9-17-10-12-19-15(17)3/h6-8H,4-5,9-12H2,1-3H3/q+1. The van der Waals surface area contributed by atoms with Crippen molar-refractivity contribution >= 4 is 16.8 Å². The molecule has 2 nitrogen and oxygen atoms in total. The number of thioether (sulfide) groups is 1. The molecule has 0 bridgehead atoms. The molecule has 0 saturated carbocycles. The summed E-state index contributed by atoms with van der Waals surface area (Å²) in [5.74, 6) is 2.33. The molecule has 0 spiro atoms. The van der Waals surface area contributed by atoms with Crippen LogP contribution in [0.2, 0.25) is 0 Å². The van der Waals surface area contributed by atoms with Crippen molar-refractivity contribution in [3.63, 3.8) is 0 Å². The molecule has 1 aliphatic rings. The van der Waals surface area contributed by atoms with Gasteiger partial charge >= 0.3 is 0 Å². The van der Waals surface area contributed by atoms with E-state index in [1.54, 1.807) is 0 Å². The molecule has 1 aromatic rings. The van der Waals surface area contributed by atoms with Crippen molar-refractivity contribution in [2.45, 2.75) is 33.6 Å². The number of ether oxygens (including phenoxy) is 1. The Bertz CT molecular complexity index is 448. The van der Waals surface area contributed by atoms with Gasteiger partial charge in [0, 0.05) is 13.3 Å². The predicted octanol–water partition coefficient (Wildman–Crippen LogP) is 3.64. The molecular weight excluding hydrogens is 254 g/mol. The average Bonchev–Trinajstić information content (AvgIpc) is 2.78. The largest absolute Gasteiger partial charge is 0.493 e. The molecule has 0 N–H and O–H groups in total. The zero-order valence-corrected chi connectivity index (χ0v) is 13.1. The summed E-state index contributed by atoms with van der Waals surface area (Å²) in [5.41, 5.74) is 2.47.